The van der Waals surface area contributed by atoms with Gasteiger partial charge in [0.1, 0.15) is 5.69 Å². The first kappa shape index (κ1) is 16.0. The third-order valence-corrected chi connectivity index (χ3v) is 3.50. The minimum Gasteiger partial charge on any atom is -0.481 e. The Bertz CT molecular complexity index is 520. The van der Waals surface area contributed by atoms with Crippen LogP contribution in [-0.2, 0) is 9.59 Å². The van der Waals surface area contributed by atoms with Crippen molar-refractivity contribution >= 4 is 35.0 Å². The molecule has 0 aliphatic heterocycles. The number of thioether (sulfide) groups is 1. The number of hydrogen-bond donors (Lipinski definition) is 2. The van der Waals surface area contributed by atoms with E-state index in [0.29, 0.717) is 0 Å². The number of nitrogens with one attached hydrogen (secondary N) is 1. The lowest BCUT2D eigenvalue weighted by atomic mass is 10.2. The summed E-state index contributed by atoms with van der Waals surface area (Å²) in [7, 11) is 0. The van der Waals surface area contributed by atoms with E-state index in [4.69, 9.17) is 5.11 Å². The smallest absolute Gasteiger partial charge is 0.304 e. The molecule has 1 atom stereocenters. The van der Waals surface area contributed by atoms with Gasteiger partial charge in [-0.1, -0.05) is 19.1 Å². The van der Waals surface area contributed by atoms with Gasteiger partial charge in [-0.2, -0.15) is 0 Å². The van der Waals surface area contributed by atoms with E-state index in [1.165, 1.54) is 30.0 Å². The number of rotatable bonds is 7. The maximum absolute atomic E-state index is 11.7. The van der Waals surface area contributed by atoms with Crippen LogP contribution in [0.25, 0.3) is 0 Å². The number of para-hydroxylation sites is 2. The molecule has 0 aliphatic rings. The fraction of sp³-hybridized carbons (Fsp3) is 0.333. The fourth-order valence-corrected chi connectivity index (χ4v) is 2.22. The SMILES string of the molecule is CC(CC(=O)O)SCC(=O)Nc1ccccc1[N+](=O)[O-]. The van der Waals surface area contributed by atoms with Crippen LogP contribution >= 0.6 is 11.8 Å². The number of anilines is 1. The van der Waals surface area contributed by atoms with Gasteiger partial charge in [0.15, 0.2) is 0 Å². The summed E-state index contributed by atoms with van der Waals surface area (Å²) in [5, 5.41) is 21.6. The van der Waals surface area contributed by atoms with E-state index < -0.39 is 16.8 Å². The summed E-state index contributed by atoms with van der Waals surface area (Å²) in [6.45, 7) is 1.71. The molecule has 20 heavy (non-hydrogen) atoms. The van der Waals surface area contributed by atoms with Crippen molar-refractivity contribution in [3.05, 3.63) is 34.4 Å². The van der Waals surface area contributed by atoms with E-state index in [1.807, 2.05) is 0 Å². The number of carboxylic acid groups (broad SMARTS) is 1. The zero-order chi connectivity index (χ0) is 15.1. The molecule has 0 saturated carbocycles. The molecule has 108 valence electrons. The highest BCUT2D eigenvalue weighted by molar-refractivity contribution is 8.00. The fourth-order valence-electron chi connectivity index (χ4n) is 1.45. The number of amides is 1. The van der Waals surface area contributed by atoms with Gasteiger partial charge in [-0.05, 0) is 6.07 Å². The van der Waals surface area contributed by atoms with E-state index in [2.05, 4.69) is 5.32 Å². The highest BCUT2D eigenvalue weighted by Gasteiger charge is 2.16. The van der Waals surface area contributed by atoms with E-state index in [-0.39, 0.29) is 28.8 Å². The molecule has 0 spiro atoms. The number of carbonyl (C=O) groups is 2. The Morgan fingerprint density at radius 1 is 1.45 bits per heavy atom. The minimum absolute atomic E-state index is 0.0383. The number of nitrogens with zero attached hydrogens (tertiary/aromatic N) is 1. The van der Waals surface area contributed by atoms with Crippen molar-refractivity contribution in [1.82, 2.24) is 0 Å². The first-order chi connectivity index (χ1) is 9.40. The van der Waals surface area contributed by atoms with Crippen LogP contribution in [-0.4, -0.2) is 32.9 Å². The first-order valence-electron chi connectivity index (χ1n) is 5.77. The van der Waals surface area contributed by atoms with Crippen molar-refractivity contribution in [3.8, 4) is 0 Å². The topological polar surface area (TPSA) is 110 Å². The van der Waals surface area contributed by atoms with Gasteiger partial charge in [-0.15, -0.1) is 11.8 Å². The van der Waals surface area contributed by atoms with Gasteiger partial charge in [0, 0.05) is 11.3 Å². The van der Waals surface area contributed by atoms with Crippen LogP contribution in [0.5, 0.6) is 0 Å². The molecule has 0 aliphatic carbocycles. The molecule has 0 fully saturated rings. The van der Waals surface area contributed by atoms with Crippen LogP contribution < -0.4 is 5.32 Å². The normalized spacial score (nSPS) is 11.7. The predicted molar refractivity (Wildman–Crippen MR) is 75.9 cm³/mol. The molecule has 0 heterocycles. The maximum atomic E-state index is 11.7. The maximum Gasteiger partial charge on any atom is 0.304 e. The summed E-state index contributed by atoms with van der Waals surface area (Å²) in [6, 6.07) is 5.84. The summed E-state index contributed by atoms with van der Waals surface area (Å²) in [4.78, 5) is 32.4. The minimum atomic E-state index is -0.927. The standard InChI is InChI=1S/C12H14N2O5S/c1-8(6-12(16)17)20-7-11(15)13-9-4-2-3-5-10(9)14(18)19/h2-5,8H,6-7H2,1H3,(H,13,15)(H,16,17). The van der Waals surface area contributed by atoms with Gasteiger partial charge in [0.2, 0.25) is 5.91 Å². The molecule has 0 aromatic heterocycles. The molecule has 1 amide bonds. The molecule has 0 radical (unpaired) electrons. The van der Waals surface area contributed by atoms with Crippen molar-refractivity contribution in [1.29, 1.82) is 0 Å². The number of carboxylic acids is 1. The summed E-state index contributed by atoms with van der Waals surface area (Å²) in [6.07, 6.45) is -0.0383. The third kappa shape index (κ3) is 5.27. The second-order valence-corrected chi connectivity index (χ2v) is 5.47. The molecule has 0 saturated heterocycles. The highest BCUT2D eigenvalue weighted by atomic mass is 32.2. The van der Waals surface area contributed by atoms with Crippen LogP contribution in [0.1, 0.15) is 13.3 Å². The Morgan fingerprint density at radius 3 is 2.70 bits per heavy atom. The van der Waals surface area contributed by atoms with E-state index in [1.54, 1.807) is 13.0 Å². The van der Waals surface area contributed by atoms with Crippen molar-refractivity contribution in [2.24, 2.45) is 0 Å². The quantitative estimate of drug-likeness (QED) is 0.589. The highest BCUT2D eigenvalue weighted by Crippen LogP contribution is 2.23. The average molecular weight is 298 g/mol. The lowest BCUT2D eigenvalue weighted by Gasteiger charge is -2.09. The van der Waals surface area contributed by atoms with Crippen molar-refractivity contribution < 1.29 is 19.6 Å². The number of carbonyl (C=O) groups excluding carboxylic acids is 1. The predicted octanol–water partition coefficient (Wildman–Crippen LogP) is 2.13. The monoisotopic (exact) mass is 298 g/mol. The van der Waals surface area contributed by atoms with Crippen molar-refractivity contribution in [3.63, 3.8) is 0 Å². The van der Waals surface area contributed by atoms with E-state index >= 15 is 0 Å². The Hall–Kier alpha value is -2.09. The second-order valence-electron chi connectivity index (χ2n) is 4.04. The van der Waals surface area contributed by atoms with Crippen LogP contribution in [0.4, 0.5) is 11.4 Å². The van der Waals surface area contributed by atoms with Crippen molar-refractivity contribution in [2.45, 2.75) is 18.6 Å². The Labute approximate surface area is 119 Å². The van der Waals surface area contributed by atoms with Gasteiger partial charge < -0.3 is 10.4 Å². The van der Waals surface area contributed by atoms with Gasteiger partial charge in [0.05, 0.1) is 17.1 Å². The van der Waals surface area contributed by atoms with Gasteiger partial charge in [-0.3, -0.25) is 19.7 Å². The average Bonchev–Trinajstić information content (AvgIpc) is 2.36. The number of aliphatic carboxylic acids is 1. The van der Waals surface area contributed by atoms with Gasteiger partial charge in [-0.25, -0.2) is 0 Å². The number of benzene rings is 1. The molecule has 7 nitrogen and oxygen atoms in total. The number of nitro groups is 1. The van der Waals surface area contributed by atoms with E-state index in [9.17, 15) is 19.7 Å². The first-order valence-corrected chi connectivity index (χ1v) is 6.81. The summed E-state index contributed by atoms with van der Waals surface area (Å²) >= 11 is 1.18. The second kappa shape index (κ2) is 7.49. The molecule has 8 heteroatoms. The van der Waals surface area contributed by atoms with Gasteiger partial charge in [0.25, 0.3) is 5.69 Å². The van der Waals surface area contributed by atoms with Crippen LogP contribution in [0, 0.1) is 10.1 Å². The summed E-state index contributed by atoms with van der Waals surface area (Å²) in [5.41, 5.74) is -0.0431. The number of nitro benzene ring substituents is 1. The molecule has 1 aromatic rings. The van der Waals surface area contributed by atoms with Gasteiger partial charge >= 0.3 is 5.97 Å². The summed E-state index contributed by atoms with van der Waals surface area (Å²) in [5.74, 6) is -1.29. The zero-order valence-corrected chi connectivity index (χ0v) is 11.6. The Balaban J connectivity index is 2.55. The largest absolute Gasteiger partial charge is 0.481 e. The molecule has 1 rings (SSSR count). The molecular formula is C12H14N2O5S. The molecule has 1 aromatic carbocycles. The molecular weight excluding hydrogens is 284 g/mol. The Kier molecular flexibility index (Phi) is 5.98. The summed E-state index contributed by atoms with van der Waals surface area (Å²) < 4.78 is 0. The van der Waals surface area contributed by atoms with Crippen LogP contribution in [0.3, 0.4) is 0 Å². The van der Waals surface area contributed by atoms with Crippen LogP contribution in [0.15, 0.2) is 24.3 Å². The third-order valence-electron chi connectivity index (χ3n) is 2.34. The lowest BCUT2D eigenvalue weighted by Crippen LogP contribution is -2.17. The lowest BCUT2D eigenvalue weighted by molar-refractivity contribution is -0.383. The molecule has 1 unspecified atom stereocenters. The zero-order valence-electron chi connectivity index (χ0n) is 10.7. The van der Waals surface area contributed by atoms with E-state index in [0.717, 1.165) is 0 Å². The number of hydrogen-bond acceptors (Lipinski definition) is 5. The van der Waals surface area contributed by atoms with Crippen molar-refractivity contribution in [2.75, 3.05) is 11.1 Å². The molecule has 2 N–H and O–H groups in total. The van der Waals surface area contributed by atoms with Crippen LogP contribution in [0.2, 0.25) is 0 Å². The Morgan fingerprint density at radius 2 is 2.10 bits per heavy atom. The molecule has 0 bridgehead atoms.